The number of aromatic nitrogens is 2. The third-order valence-corrected chi connectivity index (χ3v) is 3.90. The zero-order chi connectivity index (χ0) is 15.9. The van der Waals surface area contributed by atoms with E-state index in [4.69, 9.17) is 0 Å². The molecular weight excluding hydrogens is 290 g/mol. The Morgan fingerprint density at radius 1 is 1.00 bits per heavy atom. The molecular formula is C17H21N5O. The Labute approximate surface area is 135 Å². The van der Waals surface area contributed by atoms with E-state index in [2.05, 4.69) is 31.6 Å². The van der Waals surface area contributed by atoms with Crippen molar-refractivity contribution in [1.29, 1.82) is 0 Å². The van der Waals surface area contributed by atoms with Crippen LogP contribution in [0.1, 0.15) is 24.0 Å². The number of rotatable bonds is 5. The standard InChI is InChI=1S/C17H21N5O/c23-17(20-12-14-3-6-18-7-4-14)21-13-15-5-8-19-16(11-15)22-9-1-2-10-22/h3-8,11H,1-2,9-10,12-13H2,(H2,20,21,23). The topological polar surface area (TPSA) is 70.1 Å². The Hall–Kier alpha value is -2.63. The number of urea groups is 1. The molecule has 0 aromatic carbocycles. The van der Waals surface area contributed by atoms with Gasteiger partial charge in [0.2, 0.25) is 0 Å². The van der Waals surface area contributed by atoms with Gasteiger partial charge < -0.3 is 15.5 Å². The lowest BCUT2D eigenvalue weighted by Gasteiger charge is -2.17. The Morgan fingerprint density at radius 3 is 2.39 bits per heavy atom. The van der Waals surface area contributed by atoms with Gasteiger partial charge in [-0.05, 0) is 48.2 Å². The van der Waals surface area contributed by atoms with Crippen LogP contribution in [0.25, 0.3) is 0 Å². The van der Waals surface area contributed by atoms with Crippen LogP contribution in [0.2, 0.25) is 0 Å². The molecule has 6 nitrogen and oxygen atoms in total. The number of pyridine rings is 2. The maximum Gasteiger partial charge on any atom is 0.315 e. The van der Waals surface area contributed by atoms with E-state index >= 15 is 0 Å². The van der Waals surface area contributed by atoms with Gasteiger partial charge in [0.25, 0.3) is 0 Å². The lowest BCUT2D eigenvalue weighted by atomic mass is 10.2. The molecule has 1 saturated heterocycles. The van der Waals surface area contributed by atoms with Gasteiger partial charge in [0, 0.05) is 44.8 Å². The van der Waals surface area contributed by atoms with Gasteiger partial charge in [0.1, 0.15) is 5.82 Å². The summed E-state index contributed by atoms with van der Waals surface area (Å²) >= 11 is 0. The zero-order valence-electron chi connectivity index (χ0n) is 13.0. The van der Waals surface area contributed by atoms with E-state index in [1.54, 1.807) is 18.6 Å². The highest BCUT2D eigenvalue weighted by molar-refractivity contribution is 5.73. The van der Waals surface area contributed by atoms with Crippen LogP contribution in [-0.2, 0) is 13.1 Å². The molecule has 1 aliphatic rings. The molecule has 2 N–H and O–H groups in total. The largest absolute Gasteiger partial charge is 0.357 e. The van der Waals surface area contributed by atoms with E-state index < -0.39 is 0 Å². The molecule has 0 unspecified atom stereocenters. The normalized spacial score (nSPS) is 13.8. The summed E-state index contributed by atoms with van der Waals surface area (Å²) in [6, 6.07) is 7.56. The number of nitrogens with one attached hydrogen (secondary N) is 2. The first-order chi connectivity index (χ1) is 11.3. The van der Waals surface area contributed by atoms with E-state index in [9.17, 15) is 4.79 Å². The Kier molecular flexibility index (Phi) is 5.03. The third-order valence-electron chi connectivity index (χ3n) is 3.90. The Balaban J connectivity index is 1.48. The highest BCUT2D eigenvalue weighted by Crippen LogP contribution is 2.18. The van der Waals surface area contributed by atoms with E-state index in [0.717, 1.165) is 30.0 Å². The monoisotopic (exact) mass is 311 g/mol. The van der Waals surface area contributed by atoms with Gasteiger partial charge >= 0.3 is 6.03 Å². The summed E-state index contributed by atoms with van der Waals surface area (Å²) in [6.07, 6.45) is 7.68. The highest BCUT2D eigenvalue weighted by Gasteiger charge is 2.13. The second-order valence-corrected chi connectivity index (χ2v) is 5.61. The molecule has 3 heterocycles. The van der Waals surface area contributed by atoms with E-state index in [1.807, 2.05) is 18.2 Å². The molecule has 0 atom stereocenters. The minimum absolute atomic E-state index is 0.179. The van der Waals surface area contributed by atoms with Crippen molar-refractivity contribution in [2.45, 2.75) is 25.9 Å². The van der Waals surface area contributed by atoms with Gasteiger partial charge in [-0.1, -0.05) is 0 Å². The predicted octanol–water partition coefficient (Wildman–Crippen LogP) is 2.08. The Bertz CT molecular complexity index is 640. The summed E-state index contributed by atoms with van der Waals surface area (Å²) in [5.74, 6) is 0.999. The fourth-order valence-electron chi connectivity index (χ4n) is 2.62. The number of hydrogen-bond acceptors (Lipinski definition) is 4. The average molecular weight is 311 g/mol. The Morgan fingerprint density at radius 2 is 1.65 bits per heavy atom. The lowest BCUT2D eigenvalue weighted by molar-refractivity contribution is 0.240. The van der Waals surface area contributed by atoms with Gasteiger partial charge in [-0.2, -0.15) is 0 Å². The molecule has 120 valence electrons. The number of anilines is 1. The molecule has 2 amide bonds. The van der Waals surface area contributed by atoms with Crippen LogP contribution in [0.5, 0.6) is 0 Å². The van der Waals surface area contributed by atoms with Crippen LogP contribution in [0.3, 0.4) is 0 Å². The fourth-order valence-corrected chi connectivity index (χ4v) is 2.62. The molecule has 1 fully saturated rings. The predicted molar refractivity (Wildman–Crippen MR) is 89.0 cm³/mol. The van der Waals surface area contributed by atoms with E-state index in [0.29, 0.717) is 13.1 Å². The smallest absolute Gasteiger partial charge is 0.315 e. The minimum atomic E-state index is -0.179. The first kappa shape index (κ1) is 15.3. The van der Waals surface area contributed by atoms with Gasteiger partial charge in [-0.3, -0.25) is 4.98 Å². The van der Waals surface area contributed by atoms with Crippen LogP contribution in [0.15, 0.2) is 42.9 Å². The van der Waals surface area contributed by atoms with Gasteiger partial charge in [-0.15, -0.1) is 0 Å². The second kappa shape index (κ2) is 7.58. The van der Waals surface area contributed by atoms with Gasteiger partial charge in [0.15, 0.2) is 0 Å². The van der Waals surface area contributed by atoms with Crippen LogP contribution in [0.4, 0.5) is 10.6 Å². The van der Waals surface area contributed by atoms with Crippen molar-refractivity contribution in [2.75, 3.05) is 18.0 Å². The number of carbonyl (C=O) groups is 1. The van der Waals surface area contributed by atoms with Crippen molar-refractivity contribution in [2.24, 2.45) is 0 Å². The second-order valence-electron chi connectivity index (χ2n) is 5.61. The van der Waals surface area contributed by atoms with Crippen molar-refractivity contribution < 1.29 is 4.79 Å². The van der Waals surface area contributed by atoms with Crippen molar-refractivity contribution in [3.05, 3.63) is 54.0 Å². The third kappa shape index (κ3) is 4.42. The van der Waals surface area contributed by atoms with Crippen molar-refractivity contribution in [3.8, 4) is 0 Å². The molecule has 0 spiro atoms. The SMILES string of the molecule is O=C(NCc1ccncc1)NCc1ccnc(N2CCCC2)c1. The molecule has 0 saturated carbocycles. The van der Waals surface area contributed by atoms with Crippen LogP contribution in [-0.4, -0.2) is 29.1 Å². The minimum Gasteiger partial charge on any atom is -0.357 e. The van der Waals surface area contributed by atoms with E-state index in [1.165, 1.54) is 12.8 Å². The summed E-state index contributed by atoms with van der Waals surface area (Å²) in [5.41, 5.74) is 2.08. The molecule has 0 aliphatic carbocycles. The van der Waals surface area contributed by atoms with Crippen LogP contribution in [0, 0.1) is 0 Å². The number of hydrogen-bond donors (Lipinski definition) is 2. The average Bonchev–Trinajstić information content (AvgIpc) is 3.14. The number of nitrogens with zero attached hydrogens (tertiary/aromatic N) is 3. The molecule has 0 bridgehead atoms. The highest BCUT2D eigenvalue weighted by atomic mass is 16.2. The van der Waals surface area contributed by atoms with E-state index in [-0.39, 0.29) is 6.03 Å². The summed E-state index contributed by atoms with van der Waals surface area (Å²) in [7, 11) is 0. The molecule has 3 rings (SSSR count). The lowest BCUT2D eigenvalue weighted by Crippen LogP contribution is -2.34. The maximum atomic E-state index is 11.9. The molecule has 2 aromatic heterocycles. The molecule has 1 aliphatic heterocycles. The summed E-state index contributed by atoms with van der Waals surface area (Å²) in [5, 5.41) is 5.71. The fraction of sp³-hybridized carbons (Fsp3) is 0.353. The van der Waals surface area contributed by atoms with Crippen molar-refractivity contribution in [1.82, 2.24) is 20.6 Å². The summed E-state index contributed by atoms with van der Waals surface area (Å²) in [6.45, 7) is 3.11. The van der Waals surface area contributed by atoms with Crippen molar-refractivity contribution in [3.63, 3.8) is 0 Å². The molecule has 2 aromatic rings. The first-order valence-corrected chi connectivity index (χ1v) is 7.92. The molecule has 0 radical (unpaired) electrons. The van der Waals surface area contributed by atoms with Crippen LogP contribution >= 0.6 is 0 Å². The van der Waals surface area contributed by atoms with Gasteiger partial charge in [0.05, 0.1) is 0 Å². The quantitative estimate of drug-likeness (QED) is 0.887. The molecule has 6 heteroatoms. The number of carbonyl (C=O) groups excluding carboxylic acids is 1. The summed E-state index contributed by atoms with van der Waals surface area (Å²) in [4.78, 5) is 22.5. The maximum absolute atomic E-state index is 11.9. The number of amides is 2. The summed E-state index contributed by atoms with van der Waals surface area (Å²) < 4.78 is 0. The van der Waals surface area contributed by atoms with Crippen LogP contribution < -0.4 is 15.5 Å². The first-order valence-electron chi connectivity index (χ1n) is 7.92. The molecule has 23 heavy (non-hydrogen) atoms. The zero-order valence-corrected chi connectivity index (χ0v) is 13.0. The van der Waals surface area contributed by atoms with Crippen molar-refractivity contribution >= 4 is 11.8 Å². The van der Waals surface area contributed by atoms with Gasteiger partial charge in [-0.25, -0.2) is 9.78 Å².